The Balaban J connectivity index is 2.55. The quantitative estimate of drug-likeness (QED) is 0.626. The minimum Gasteiger partial charge on any atom is -0.401 e. The molecule has 0 heterocycles. The van der Waals surface area contributed by atoms with Crippen LogP contribution in [0.4, 0.5) is 0 Å². The van der Waals surface area contributed by atoms with Crippen LogP contribution in [0.3, 0.4) is 0 Å². The van der Waals surface area contributed by atoms with Crippen molar-refractivity contribution >= 4 is 20.2 Å². The Morgan fingerprint density at radius 2 is 1.60 bits per heavy atom. The molecular formula is C11H15NO6S2. The Kier molecular flexibility index (Phi) is 3.57. The predicted octanol–water partition coefficient (Wildman–Crippen LogP) is 0.392. The fourth-order valence-electron chi connectivity index (χ4n) is 2.54. The molecule has 0 bridgehead atoms. The maximum atomic E-state index is 11.4. The third kappa shape index (κ3) is 2.80. The Morgan fingerprint density at radius 3 is 2.10 bits per heavy atom. The van der Waals surface area contributed by atoms with Gasteiger partial charge in [-0.05, 0) is 37.0 Å². The van der Waals surface area contributed by atoms with E-state index in [1.165, 1.54) is 6.08 Å². The van der Waals surface area contributed by atoms with Crippen molar-refractivity contribution in [2.75, 3.05) is 0 Å². The normalized spacial score (nSPS) is 27.8. The molecule has 0 amide bonds. The summed E-state index contributed by atoms with van der Waals surface area (Å²) >= 11 is 0. The van der Waals surface area contributed by atoms with Crippen LogP contribution in [0.15, 0.2) is 34.6 Å². The van der Waals surface area contributed by atoms with Gasteiger partial charge in [-0.2, -0.15) is 16.8 Å². The van der Waals surface area contributed by atoms with Gasteiger partial charge in [0.15, 0.2) is 0 Å². The lowest BCUT2D eigenvalue weighted by Gasteiger charge is -2.29. The SMILES string of the molecule is CC1=CC2=C(C=C(N)C(S(=O)(=O)O)C2)C(S(=O)(=O)O)C1. The molecule has 0 aromatic carbocycles. The molecule has 2 aliphatic rings. The second-order valence-corrected chi connectivity index (χ2v) is 8.23. The minimum absolute atomic E-state index is 0.111. The van der Waals surface area contributed by atoms with Gasteiger partial charge in [0.25, 0.3) is 20.2 Å². The Bertz CT molecular complexity index is 742. The van der Waals surface area contributed by atoms with Crippen molar-refractivity contribution in [3.05, 3.63) is 34.6 Å². The van der Waals surface area contributed by atoms with Crippen LogP contribution in [0.5, 0.6) is 0 Å². The van der Waals surface area contributed by atoms with Gasteiger partial charge in [0.1, 0.15) is 10.5 Å². The molecule has 0 fully saturated rings. The van der Waals surface area contributed by atoms with Crippen molar-refractivity contribution in [1.29, 1.82) is 0 Å². The van der Waals surface area contributed by atoms with Crippen LogP contribution in [-0.4, -0.2) is 36.4 Å². The van der Waals surface area contributed by atoms with Crippen molar-refractivity contribution in [1.82, 2.24) is 0 Å². The lowest BCUT2D eigenvalue weighted by Crippen LogP contribution is -2.34. The standard InChI is InChI=1S/C11H15NO6S2/c1-6-2-7-4-11(20(16,17)18)9(12)5-8(7)10(3-6)19(13,14)15/h2,5,10-11H,3-4,12H2,1H3,(H,13,14,15)(H,16,17,18). The fourth-order valence-corrected chi connectivity index (χ4v) is 4.36. The predicted molar refractivity (Wildman–Crippen MR) is 73.0 cm³/mol. The molecule has 112 valence electrons. The summed E-state index contributed by atoms with van der Waals surface area (Å²) in [5.41, 5.74) is 6.91. The van der Waals surface area contributed by atoms with Crippen LogP contribution in [-0.2, 0) is 20.2 Å². The number of allylic oxidation sites excluding steroid dienone is 4. The van der Waals surface area contributed by atoms with Crippen LogP contribution in [0.2, 0.25) is 0 Å². The highest BCUT2D eigenvalue weighted by Crippen LogP contribution is 2.37. The molecule has 0 saturated carbocycles. The second-order valence-electron chi connectivity index (χ2n) is 5.03. The molecule has 0 aromatic heterocycles. The average Bonchev–Trinajstić information content (AvgIpc) is 2.25. The molecule has 2 aliphatic carbocycles. The summed E-state index contributed by atoms with van der Waals surface area (Å²) in [7, 11) is -8.68. The summed E-state index contributed by atoms with van der Waals surface area (Å²) in [5, 5.41) is -2.44. The largest absolute Gasteiger partial charge is 0.401 e. The molecule has 9 heteroatoms. The van der Waals surface area contributed by atoms with E-state index in [-0.39, 0.29) is 24.1 Å². The second kappa shape index (κ2) is 4.69. The molecule has 0 saturated heterocycles. The molecular weight excluding hydrogens is 306 g/mol. The van der Waals surface area contributed by atoms with Crippen LogP contribution in [0.25, 0.3) is 0 Å². The number of hydrogen-bond donors (Lipinski definition) is 3. The summed E-state index contributed by atoms with van der Waals surface area (Å²) in [5.74, 6) is 0. The van der Waals surface area contributed by atoms with E-state index < -0.39 is 30.7 Å². The number of hydrogen-bond acceptors (Lipinski definition) is 5. The summed E-state index contributed by atoms with van der Waals surface area (Å²) in [4.78, 5) is 0. The van der Waals surface area contributed by atoms with E-state index in [1.807, 2.05) is 0 Å². The van der Waals surface area contributed by atoms with E-state index in [4.69, 9.17) is 10.3 Å². The molecule has 0 radical (unpaired) electrons. The molecule has 0 aliphatic heterocycles. The molecule has 2 atom stereocenters. The van der Waals surface area contributed by atoms with Gasteiger partial charge >= 0.3 is 0 Å². The first kappa shape index (κ1) is 15.2. The fraction of sp³-hybridized carbons (Fsp3) is 0.455. The van der Waals surface area contributed by atoms with Crippen molar-refractivity contribution in [2.24, 2.45) is 5.73 Å². The monoisotopic (exact) mass is 321 g/mol. The topological polar surface area (TPSA) is 135 Å². The van der Waals surface area contributed by atoms with Gasteiger partial charge in [-0.25, -0.2) is 0 Å². The maximum absolute atomic E-state index is 11.4. The molecule has 7 nitrogen and oxygen atoms in total. The number of rotatable bonds is 2. The van der Waals surface area contributed by atoms with E-state index >= 15 is 0 Å². The zero-order valence-electron chi connectivity index (χ0n) is 10.6. The molecule has 0 aromatic rings. The van der Waals surface area contributed by atoms with Crippen molar-refractivity contribution in [3.63, 3.8) is 0 Å². The van der Waals surface area contributed by atoms with E-state index in [9.17, 15) is 21.4 Å². The third-order valence-electron chi connectivity index (χ3n) is 3.46. The lowest BCUT2D eigenvalue weighted by atomic mass is 9.86. The van der Waals surface area contributed by atoms with Gasteiger partial charge in [-0.3, -0.25) is 9.11 Å². The number of nitrogens with two attached hydrogens (primary N) is 1. The van der Waals surface area contributed by atoms with Crippen molar-refractivity contribution < 1.29 is 25.9 Å². The van der Waals surface area contributed by atoms with Crippen molar-refractivity contribution in [3.8, 4) is 0 Å². The summed E-state index contributed by atoms with van der Waals surface area (Å²) < 4.78 is 63.8. The lowest BCUT2D eigenvalue weighted by molar-refractivity contribution is 0.469. The smallest absolute Gasteiger partial charge is 0.273 e. The van der Waals surface area contributed by atoms with Crippen molar-refractivity contribution in [2.45, 2.75) is 30.3 Å². The van der Waals surface area contributed by atoms with E-state index in [1.54, 1.807) is 13.0 Å². The van der Waals surface area contributed by atoms with E-state index in [0.717, 1.165) is 0 Å². The van der Waals surface area contributed by atoms with Gasteiger partial charge in [0, 0.05) is 5.70 Å². The third-order valence-corrected chi connectivity index (χ3v) is 5.76. The van der Waals surface area contributed by atoms with E-state index in [2.05, 4.69) is 0 Å². The summed E-state index contributed by atoms with van der Waals surface area (Å²) in [6.07, 6.45) is 2.90. The average molecular weight is 321 g/mol. The van der Waals surface area contributed by atoms with Gasteiger partial charge < -0.3 is 5.73 Å². The van der Waals surface area contributed by atoms with E-state index in [0.29, 0.717) is 11.1 Å². The molecule has 0 spiro atoms. The van der Waals surface area contributed by atoms with Crippen LogP contribution in [0, 0.1) is 0 Å². The Hall–Kier alpha value is -1.16. The summed E-state index contributed by atoms with van der Waals surface area (Å²) in [6, 6.07) is 0. The Labute approximate surface area is 117 Å². The zero-order valence-corrected chi connectivity index (χ0v) is 12.3. The molecule has 4 N–H and O–H groups in total. The molecule has 2 unspecified atom stereocenters. The van der Waals surface area contributed by atoms with Gasteiger partial charge in [-0.15, -0.1) is 0 Å². The van der Waals surface area contributed by atoms with Crippen LogP contribution < -0.4 is 5.73 Å². The molecule has 20 heavy (non-hydrogen) atoms. The highest BCUT2D eigenvalue weighted by molar-refractivity contribution is 7.87. The summed E-state index contributed by atoms with van der Waals surface area (Å²) in [6.45, 7) is 1.69. The van der Waals surface area contributed by atoms with Crippen LogP contribution in [0.1, 0.15) is 19.8 Å². The van der Waals surface area contributed by atoms with Gasteiger partial charge in [0.05, 0.1) is 0 Å². The maximum Gasteiger partial charge on any atom is 0.273 e. The molecule has 2 rings (SSSR count). The zero-order chi connectivity index (χ0) is 15.3. The Morgan fingerprint density at radius 1 is 1.05 bits per heavy atom. The highest BCUT2D eigenvalue weighted by Gasteiger charge is 2.37. The van der Waals surface area contributed by atoms with Gasteiger partial charge in [-0.1, -0.05) is 11.6 Å². The van der Waals surface area contributed by atoms with Crippen LogP contribution >= 0.6 is 0 Å². The minimum atomic E-state index is -4.36. The first-order chi connectivity index (χ1) is 9.00. The highest BCUT2D eigenvalue weighted by atomic mass is 32.2. The first-order valence-corrected chi connectivity index (χ1v) is 8.80. The first-order valence-electron chi connectivity index (χ1n) is 5.80. The van der Waals surface area contributed by atoms with Gasteiger partial charge in [0.2, 0.25) is 0 Å².